The zero-order chi connectivity index (χ0) is 14.5. The minimum atomic E-state index is -1.03. The second kappa shape index (κ2) is 6.67. The van der Waals surface area contributed by atoms with Crippen molar-refractivity contribution < 1.29 is 14.7 Å². The maximum absolute atomic E-state index is 11.8. The third-order valence-electron chi connectivity index (χ3n) is 2.61. The van der Waals surface area contributed by atoms with Gasteiger partial charge in [-0.15, -0.1) is 11.3 Å². The van der Waals surface area contributed by atoms with Crippen molar-refractivity contribution in [3.63, 3.8) is 0 Å². The predicted molar refractivity (Wildman–Crippen MR) is 82.4 cm³/mol. The van der Waals surface area contributed by atoms with Crippen LogP contribution in [0, 0.1) is 0 Å². The van der Waals surface area contributed by atoms with Crippen LogP contribution in [0.3, 0.4) is 0 Å². The number of carboxylic acids is 1. The highest BCUT2D eigenvalue weighted by Gasteiger charge is 2.09. The van der Waals surface area contributed by atoms with Gasteiger partial charge in [0.2, 0.25) is 5.91 Å². The first-order chi connectivity index (χ1) is 9.54. The van der Waals surface area contributed by atoms with Crippen LogP contribution in [0.5, 0.6) is 0 Å². The summed E-state index contributed by atoms with van der Waals surface area (Å²) in [7, 11) is 0. The minimum Gasteiger partial charge on any atom is -0.478 e. The third kappa shape index (κ3) is 4.18. The average molecular weight is 354 g/mol. The molecule has 0 aliphatic rings. The molecule has 4 nitrogen and oxygen atoms in total. The van der Waals surface area contributed by atoms with Gasteiger partial charge in [0, 0.05) is 21.5 Å². The smallest absolute Gasteiger partial charge is 0.335 e. The number of benzene rings is 1. The molecule has 0 saturated heterocycles. The summed E-state index contributed by atoms with van der Waals surface area (Å²) in [5.41, 5.74) is 0.612. The fourth-order valence-electron chi connectivity index (χ4n) is 1.70. The Labute approximate surface area is 128 Å². The summed E-state index contributed by atoms with van der Waals surface area (Å²) in [6, 6.07) is 8.54. The molecule has 0 saturated carbocycles. The van der Waals surface area contributed by atoms with Crippen molar-refractivity contribution in [3.05, 3.63) is 50.6 Å². The number of anilines is 1. The quantitative estimate of drug-likeness (QED) is 0.859. The minimum absolute atomic E-state index is 0.132. The number of aryl methyl sites for hydroxylation is 1. The highest BCUT2D eigenvalue weighted by atomic mass is 79.9. The Kier molecular flexibility index (Phi) is 4.92. The number of hydrogen-bond donors (Lipinski definition) is 2. The number of carboxylic acid groups (broad SMARTS) is 1. The largest absolute Gasteiger partial charge is 0.478 e. The molecule has 0 aliphatic carbocycles. The normalized spacial score (nSPS) is 10.2. The number of halogens is 1. The van der Waals surface area contributed by atoms with Crippen LogP contribution in [0.2, 0.25) is 0 Å². The van der Waals surface area contributed by atoms with Crippen molar-refractivity contribution in [2.75, 3.05) is 5.32 Å². The fraction of sp³-hybridized carbons (Fsp3) is 0.143. The van der Waals surface area contributed by atoms with Crippen molar-refractivity contribution in [1.82, 2.24) is 0 Å². The lowest BCUT2D eigenvalue weighted by molar-refractivity contribution is -0.116. The lowest BCUT2D eigenvalue weighted by Crippen LogP contribution is -2.12. The SMILES string of the molecule is O=C(CCc1cccs1)Nc1cc(Br)cc(C(=O)O)c1. The molecule has 0 atom stereocenters. The predicted octanol–water partition coefficient (Wildman–Crippen LogP) is 3.78. The number of rotatable bonds is 5. The van der Waals surface area contributed by atoms with E-state index in [2.05, 4.69) is 21.2 Å². The summed E-state index contributed by atoms with van der Waals surface area (Å²) >= 11 is 4.84. The number of nitrogens with one attached hydrogen (secondary N) is 1. The zero-order valence-corrected chi connectivity index (χ0v) is 12.8. The van der Waals surface area contributed by atoms with E-state index in [0.29, 0.717) is 23.0 Å². The van der Waals surface area contributed by atoms with Crippen LogP contribution in [0.4, 0.5) is 5.69 Å². The van der Waals surface area contributed by atoms with Crippen LogP contribution in [0.15, 0.2) is 40.2 Å². The van der Waals surface area contributed by atoms with Crippen LogP contribution in [0.1, 0.15) is 21.7 Å². The summed E-state index contributed by atoms with van der Waals surface area (Å²) in [4.78, 5) is 23.9. The fourth-order valence-corrected chi connectivity index (χ4v) is 2.90. The van der Waals surface area contributed by atoms with Gasteiger partial charge in [-0.05, 0) is 36.1 Å². The molecule has 0 bridgehead atoms. The van der Waals surface area contributed by atoms with Gasteiger partial charge in [0.15, 0.2) is 0 Å². The first-order valence-electron chi connectivity index (χ1n) is 5.91. The number of carbonyl (C=O) groups excluding carboxylic acids is 1. The maximum atomic E-state index is 11.8. The van der Waals surface area contributed by atoms with Crippen LogP contribution in [0.25, 0.3) is 0 Å². The molecule has 0 radical (unpaired) electrons. The van der Waals surface area contributed by atoms with Gasteiger partial charge in [-0.3, -0.25) is 4.79 Å². The third-order valence-corrected chi connectivity index (χ3v) is 4.00. The van der Waals surface area contributed by atoms with Crippen molar-refractivity contribution in [2.24, 2.45) is 0 Å². The van der Waals surface area contributed by atoms with Gasteiger partial charge in [-0.25, -0.2) is 4.79 Å². The standard InChI is InChI=1S/C14H12BrNO3S/c15-10-6-9(14(18)19)7-11(8-10)16-13(17)4-3-12-2-1-5-20-12/h1-2,5-8H,3-4H2,(H,16,17)(H,18,19). The Morgan fingerprint density at radius 3 is 2.75 bits per heavy atom. The Bertz CT molecular complexity index is 625. The van der Waals surface area contributed by atoms with E-state index in [1.807, 2.05) is 17.5 Å². The molecule has 2 rings (SSSR count). The topological polar surface area (TPSA) is 66.4 Å². The second-order valence-corrected chi connectivity index (χ2v) is 6.11. The molecular weight excluding hydrogens is 342 g/mol. The first kappa shape index (κ1) is 14.7. The molecule has 0 fully saturated rings. The van der Waals surface area contributed by atoms with Gasteiger partial charge in [0.1, 0.15) is 0 Å². The highest BCUT2D eigenvalue weighted by Crippen LogP contribution is 2.20. The van der Waals surface area contributed by atoms with E-state index >= 15 is 0 Å². The van der Waals surface area contributed by atoms with Gasteiger partial charge in [0.25, 0.3) is 0 Å². The summed E-state index contributed by atoms with van der Waals surface area (Å²) in [5.74, 6) is -1.16. The van der Waals surface area contributed by atoms with Gasteiger partial charge in [-0.1, -0.05) is 22.0 Å². The summed E-state index contributed by atoms with van der Waals surface area (Å²) < 4.78 is 0.617. The maximum Gasteiger partial charge on any atom is 0.335 e. The van der Waals surface area contributed by atoms with E-state index in [1.54, 1.807) is 17.4 Å². The molecule has 104 valence electrons. The first-order valence-corrected chi connectivity index (χ1v) is 7.58. The molecule has 0 unspecified atom stereocenters. The number of aromatic carboxylic acids is 1. The molecule has 1 aromatic heterocycles. The molecule has 2 aromatic rings. The second-order valence-electron chi connectivity index (χ2n) is 4.16. The van der Waals surface area contributed by atoms with Crippen LogP contribution >= 0.6 is 27.3 Å². The van der Waals surface area contributed by atoms with Crippen LogP contribution < -0.4 is 5.32 Å². The Morgan fingerprint density at radius 2 is 2.10 bits per heavy atom. The average Bonchev–Trinajstić information content (AvgIpc) is 2.88. The molecule has 2 N–H and O–H groups in total. The van der Waals surface area contributed by atoms with E-state index in [0.717, 1.165) is 4.88 Å². The van der Waals surface area contributed by atoms with Crippen molar-refractivity contribution in [2.45, 2.75) is 12.8 Å². The molecule has 6 heteroatoms. The Hall–Kier alpha value is -1.66. The molecular formula is C14H12BrNO3S. The van der Waals surface area contributed by atoms with E-state index in [4.69, 9.17) is 5.11 Å². The number of thiophene rings is 1. The van der Waals surface area contributed by atoms with E-state index in [9.17, 15) is 9.59 Å². The number of carbonyl (C=O) groups is 2. The van der Waals surface area contributed by atoms with E-state index in [-0.39, 0.29) is 11.5 Å². The number of amides is 1. The molecule has 0 spiro atoms. The highest BCUT2D eigenvalue weighted by molar-refractivity contribution is 9.10. The lowest BCUT2D eigenvalue weighted by Gasteiger charge is -2.06. The van der Waals surface area contributed by atoms with Crippen LogP contribution in [-0.2, 0) is 11.2 Å². The van der Waals surface area contributed by atoms with Crippen molar-refractivity contribution in [3.8, 4) is 0 Å². The van der Waals surface area contributed by atoms with Gasteiger partial charge in [0.05, 0.1) is 5.56 Å². The molecule has 1 aromatic carbocycles. The summed E-state index contributed by atoms with van der Waals surface area (Å²) in [6.07, 6.45) is 1.05. The Morgan fingerprint density at radius 1 is 1.30 bits per heavy atom. The monoisotopic (exact) mass is 353 g/mol. The molecule has 1 amide bonds. The zero-order valence-electron chi connectivity index (χ0n) is 10.4. The molecule has 1 heterocycles. The van der Waals surface area contributed by atoms with E-state index < -0.39 is 5.97 Å². The molecule has 20 heavy (non-hydrogen) atoms. The lowest BCUT2D eigenvalue weighted by atomic mass is 10.2. The van der Waals surface area contributed by atoms with Gasteiger partial charge in [-0.2, -0.15) is 0 Å². The van der Waals surface area contributed by atoms with E-state index in [1.165, 1.54) is 12.1 Å². The van der Waals surface area contributed by atoms with Gasteiger partial charge >= 0.3 is 5.97 Å². The number of hydrogen-bond acceptors (Lipinski definition) is 3. The summed E-state index contributed by atoms with van der Waals surface area (Å²) in [6.45, 7) is 0. The Balaban J connectivity index is 1.98. The van der Waals surface area contributed by atoms with Crippen molar-refractivity contribution >= 4 is 44.8 Å². The summed E-state index contributed by atoms with van der Waals surface area (Å²) in [5, 5.41) is 13.6. The van der Waals surface area contributed by atoms with Crippen molar-refractivity contribution in [1.29, 1.82) is 0 Å². The van der Waals surface area contributed by atoms with Gasteiger partial charge < -0.3 is 10.4 Å². The van der Waals surface area contributed by atoms with Crippen LogP contribution in [-0.4, -0.2) is 17.0 Å². The molecule has 0 aliphatic heterocycles.